The minimum atomic E-state index is -0.688. The molecule has 2 nitrogen and oxygen atoms in total. The first-order valence-electron chi connectivity index (χ1n) is 5.03. The molecule has 1 aromatic carbocycles. The molecule has 14 heavy (non-hydrogen) atoms. The van der Waals surface area contributed by atoms with Gasteiger partial charge in [0, 0.05) is 0 Å². The Morgan fingerprint density at radius 3 is 2.00 bits per heavy atom. The lowest BCUT2D eigenvalue weighted by Crippen LogP contribution is -2.23. The summed E-state index contributed by atoms with van der Waals surface area (Å²) in [6, 6.07) is 7.61. The van der Waals surface area contributed by atoms with Crippen molar-refractivity contribution in [1.29, 1.82) is 0 Å². The van der Waals surface area contributed by atoms with E-state index in [0.29, 0.717) is 0 Å². The molecule has 0 atom stereocenters. The molecule has 0 radical (unpaired) electrons. The zero-order chi connectivity index (χ0) is 10.6. The Balaban J connectivity index is 2.95. The lowest BCUT2D eigenvalue weighted by Gasteiger charge is -2.25. The number of hydrogen-bond donors (Lipinski definition) is 1. The van der Waals surface area contributed by atoms with Crippen molar-refractivity contribution in [1.82, 2.24) is 0 Å². The molecule has 0 saturated heterocycles. The van der Waals surface area contributed by atoms with E-state index in [1.807, 2.05) is 38.1 Å². The van der Waals surface area contributed by atoms with Crippen LogP contribution in [0.4, 0.5) is 0 Å². The molecule has 1 N–H and O–H groups in total. The molecule has 0 bridgehead atoms. The number of methoxy groups -OCH3 is 1. The number of aliphatic hydroxyl groups is 1. The number of hydrogen-bond acceptors (Lipinski definition) is 2. The van der Waals surface area contributed by atoms with Crippen LogP contribution in [-0.4, -0.2) is 12.2 Å². The van der Waals surface area contributed by atoms with Crippen molar-refractivity contribution in [3.63, 3.8) is 0 Å². The van der Waals surface area contributed by atoms with Crippen LogP contribution in [0.15, 0.2) is 24.3 Å². The van der Waals surface area contributed by atoms with E-state index in [0.717, 1.165) is 24.2 Å². The van der Waals surface area contributed by atoms with Gasteiger partial charge in [0.2, 0.25) is 0 Å². The Labute approximate surface area is 85.5 Å². The predicted octanol–water partition coefficient (Wildman–Crippen LogP) is 2.70. The van der Waals surface area contributed by atoms with Gasteiger partial charge in [-0.3, -0.25) is 0 Å². The summed E-state index contributed by atoms with van der Waals surface area (Å²) in [5.74, 6) is 0.823. The Morgan fingerprint density at radius 1 is 1.14 bits per heavy atom. The summed E-state index contributed by atoms with van der Waals surface area (Å²) in [7, 11) is 1.64. The van der Waals surface area contributed by atoms with Crippen LogP contribution in [0.3, 0.4) is 0 Å². The first kappa shape index (κ1) is 11.1. The van der Waals surface area contributed by atoms with Gasteiger partial charge in [-0.2, -0.15) is 0 Å². The summed E-state index contributed by atoms with van der Waals surface area (Å²) in [4.78, 5) is 0. The van der Waals surface area contributed by atoms with E-state index in [-0.39, 0.29) is 0 Å². The van der Waals surface area contributed by atoms with E-state index < -0.39 is 5.60 Å². The molecular weight excluding hydrogens is 176 g/mol. The molecule has 2 heteroatoms. The fourth-order valence-electron chi connectivity index (χ4n) is 1.56. The maximum atomic E-state index is 10.2. The van der Waals surface area contributed by atoms with Gasteiger partial charge in [0.15, 0.2) is 0 Å². The Bertz CT molecular complexity index is 273. The third-order valence-electron chi connectivity index (χ3n) is 2.80. The molecule has 0 heterocycles. The van der Waals surface area contributed by atoms with E-state index in [2.05, 4.69) is 0 Å². The van der Waals surface area contributed by atoms with E-state index in [9.17, 15) is 5.11 Å². The largest absolute Gasteiger partial charge is 0.497 e. The second-order valence-corrected chi connectivity index (χ2v) is 3.47. The zero-order valence-corrected chi connectivity index (χ0v) is 9.08. The lowest BCUT2D eigenvalue weighted by molar-refractivity contribution is 0.0283. The fourth-order valence-corrected chi connectivity index (χ4v) is 1.56. The number of rotatable bonds is 4. The standard InChI is InChI=1S/C12H18O2/c1-4-12(13,5-2)10-6-8-11(14-3)9-7-10/h6-9,13H,4-5H2,1-3H3. The van der Waals surface area contributed by atoms with E-state index in [1.54, 1.807) is 7.11 Å². The molecule has 0 aliphatic rings. The summed E-state index contributed by atoms with van der Waals surface area (Å²) in [6.07, 6.45) is 1.46. The van der Waals surface area contributed by atoms with Gasteiger partial charge in [-0.05, 0) is 30.5 Å². The van der Waals surface area contributed by atoms with E-state index in [4.69, 9.17) is 4.74 Å². The highest BCUT2D eigenvalue weighted by Gasteiger charge is 2.24. The summed E-state index contributed by atoms with van der Waals surface area (Å²) in [5, 5.41) is 10.2. The van der Waals surface area contributed by atoms with Gasteiger partial charge in [0.1, 0.15) is 5.75 Å². The first-order chi connectivity index (χ1) is 6.66. The smallest absolute Gasteiger partial charge is 0.118 e. The molecule has 1 rings (SSSR count). The topological polar surface area (TPSA) is 29.5 Å². The summed E-state index contributed by atoms with van der Waals surface area (Å²) in [6.45, 7) is 3.99. The molecule has 0 aliphatic heterocycles. The van der Waals surface area contributed by atoms with Gasteiger partial charge in [-0.15, -0.1) is 0 Å². The predicted molar refractivity (Wildman–Crippen MR) is 57.5 cm³/mol. The zero-order valence-electron chi connectivity index (χ0n) is 9.08. The molecule has 78 valence electrons. The molecule has 1 aromatic rings. The molecule has 0 aromatic heterocycles. The van der Waals surface area contributed by atoms with Gasteiger partial charge in [-0.1, -0.05) is 26.0 Å². The van der Waals surface area contributed by atoms with Crippen LogP contribution in [-0.2, 0) is 5.60 Å². The molecule has 0 aliphatic carbocycles. The second-order valence-electron chi connectivity index (χ2n) is 3.47. The van der Waals surface area contributed by atoms with Crippen LogP contribution in [0.25, 0.3) is 0 Å². The summed E-state index contributed by atoms with van der Waals surface area (Å²) >= 11 is 0. The average Bonchev–Trinajstić information content (AvgIpc) is 2.28. The van der Waals surface area contributed by atoms with Gasteiger partial charge >= 0.3 is 0 Å². The number of benzene rings is 1. The molecule has 0 fully saturated rings. The highest BCUT2D eigenvalue weighted by molar-refractivity contribution is 5.30. The Kier molecular flexibility index (Phi) is 3.53. The highest BCUT2D eigenvalue weighted by Crippen LogP contribution is 2.29. The van der Waals surface area contributed by atoms with Crippen molar-refractivity contribution in [2.75, 3.05) is 7.11 Å². The Hall–Kier alpha value is -1.02. The van der Waals surface area contributed by atoms with Crippen molar-refractivity contribution in [3.05, 3.63) is 29.8 Å². The van der Waals surface area contributed by atoms with E-state index >= 15 is 0 Å². The summed E-state index contributed by atoms with van der Waals surface area (Å²) < 4.78 is 5.07. The van der Waals surface area contributed by atoms with Crippen LogP contribution in [0.1, 0.15) is 32.3 Å². The van der Waals surface area contributed by atoms with Gasteiger partial charge in [-0.25, -0.2) is 0 Å². The second kappa shape index (κ2) is 4.47. The highest BCUT2D eigenvalue weighted by atomic mass is 16.5. The van der Waals surface area contributed by atoms with Crippen molar-refractivity contribution in [3.8, 4) is 5.75 Å². The minimum absolute atomic E-state index is 0.688. The van der Waals surface area contributed by atoms with Crippen molar-refractivity contribution >= 4 is 0 Å². The Morgan fingerprint density at radius 2 is 1.64 bits per heavy atom. The van der Waals surface area contributed by atoms with Crippen LogP contribution in [0.2, 0.25) is 0 Å². The van der Waals surface area contributed by atoms with Crippen molar-refractivity contribution in [2.24, 2.45) is 0 Å². The molecule has 0 saturated carbocycles. The van der Waals surface area contributed by atoms with Crippen molar-refractivity contribution in [2.45, 2.75) is 32.3 Å². The maximum absolute atomic E-state index is 10.2. The van der Waals surface area contributed by atoms with E-state index in [1.165, 1.54) is 0 Å². The normalized spacial score (nSPS) is 11.4. The lowest BCUT2D eigenvalue weighted by atomic mass is 9.89. The van der Waals surface area contributed by atoms with Gasteiger partial charge < -0.3 is 9.84 Å². The molecule has 0 spiro atoms. The SMILES string of the molecule is CCC(O)(CC)c1ccc(OC)cc1. The monoisotopic (exact) mass is 194 g/mol. The van der Waals surface area contributed by atoms with Crippen LogP contribution in [0, 0.1) is 0 Å². The molecular formula is C12H18O2. The fraction of sp³-hybridized carbons (Fsp3) is 0.500. The molecule has 0 amide bonds. The van der Waals surface area contributed by atoms with Crippen LogP contribution in [0.5, 0.6) is 5.75 Å². The van der Waals surface area contributed by atoms with Gasteiger partial charge in [0.05, 0.1) is 12.7 Å². The maximum Gasteiger partial charge on any atom is 0.118 e. The van der Waals surface area contributed by atoms with Crippen LogP contribution < -0.4 is 4.74 Å². The van der Waals surface area contributed by atoms with Crippen molar-refractivity contribution < 1.29 is 9.84 Å². The number of ether oxygens (including phenoxy) is 1. The minimum Gasteiger partial charge on any atom is -0.497 e. The molecule has 0 unspecified atom stereocenters. The quantitative estimate of drug-likeness (QED) is 0.798. The van der Waals surface area contributed by atoms with Crippen LogP contribution >= 0.6 is 0 Å². The third kappa shape index (κ3) is 2.07. The first-order valence-corrected chi connectivity index (χ1v) is 5.03. The average molecular weight is 194 g/mol. The third-order valence-corrected chi connectivity index (χ3v) is 2.80. The summed E-state index contributed by atoms with van der Waals surface area (Å²) in [5.41, 5.74) is 0.273. The van der Waals surface area contributed by atoms with Gasteiger partial charge in [0.25, 0.3) is 0 Å².